The third kappa shape index (κ3) is 3.22. The molecular weight excluding hydrogens is 236 g/mol. The molecule has 0 bridgehead atoms. The van der Waals surface area contributed by atoms with Gasteiger partial charge in [0.15, 0.2) is 0 Å². The van der Waals surface area contributed by atoms with Gasteiger partial charge in [0.1, 0.15) is 5.01 Å². The van der Waals surface area contributed by atoms with Crippen LogP contribution in [0.25, 0.3) is 0 Å². The van der Waals surface area contributed by atoms with Crippen LogP contribution >= 0.6 is 23.1 Å². The maximum atomic E-state index is 4.73. The smallest absolute Gasteiger partial charge is 0.103 e. The molecule has 1 aliphatic heterocycles. The zero-order chi connectivity index (χ0) is 11.4. The van der Waals surface area contributed by atoms with E-state index in [2.05, 4.69) is 24.5 Å². The molecule has 1 saturated heterocycles. The van der Waals surface area contributed by atoms with Gasteiger partial charge in [-0.1, -0.05) is 13.8 Å². The monoisotopic (exact) mass is 256 g/mol. The van der Waals surface area contributed by atoms with E-state index in [1.165, 1.54) is 30.0 Å². The molecule has 1 aliphatic rings. The van der Waals surface area contributed by atoms with Crippen molar-refractivity contribution in [2.24, 2.45) is 0 Å². The Morgan fingerprint density at radius 3 is 3.25 bits per heavy atom. The van der Waals surface area contributed by atoms with E-state index in [4.69, 9.17) is 4.98 Å². The number of nitrogens with zero attached hydrogens (tertiary/aromatic N) is 1. The van der Waals surface area contributed by atoms with E-state index in [1.54, 1.807) is 0 Å². The van der Waals surface area contributed by atoms with Gasteiger partial charge in [0.05, 0.1) is 11.7 Å². The van der Waals surface area contributed by atoms with Crippen molar-refractivity contribution in [3.8, 4) is 0 Å². The molecule has 4 heteroatoms. The van der Waals surface area contributed by atoms with Crippen LogP contribution in [0.4, 0.5) is 0 Å². The summed E-state index contributed by atoms with van der Waals surface area (Å²) in [5.41, 5.74) is 1.27. The highest BCUT2D eigenvalue weighted by Crippen LogP contribution is 2.27. The van der Waals surface area contributed by atoms with Crippen LogP contribution in [-0.2, 0) is 5.75 Å². The number of thioether (sulfide) groups is 1. The maximum Gasteiger partial charge on any atom is 0.103 e. The molecule has 0 radical (unpaired) electrons. The van der Waals surface area contributed by atoms with Gasteiger partial charge in [-0.25, -0.2) is 4.98 Å². The minimum atomic E-state index is 0.526. The van der Waals surface area contributed by atoms with Crippen molar-refractivity contribution >= 4 is 23.1 Å². The van der Waals surface area contributed by atoms with Gasteiger partial charge in [-0.05, 0) is 25.8 Å². The molecule has 0 aliphatic carbocycles. The van der Waals surface area contributed by atoms with Gasteiger partial charge in [-0.3, -0.25) is 0 Å². The molecule has 1 fully saturated rings. The summed E-state index contributed by atoms with van der Waals surface area (Å²) in [6.07, 6.45) is 3.79. The normalized spacial score (nSPS) is 22.5. The van der Waals surface area contributed by atoms with Gasteiger partial charge in [0.25, 0.3) is 0 Å². The van der Waals surface area contributed by atoms with Crippen LogP contribution in [0.15, 0.2) is 5.38 Å². The van der Waals surface area contributed by atoms with Crippen molar-refractivity contribution in [1.29, 1.82) is 0 Å². The molecule has 16 heavy (non-hydrogen) atoms. The second kappa shape index (κ2) is 6.03. The highest BCUT2D eigenvalue weighted by Gasteiger charge is 2.18. The van der Waals surface area contributed by atoms with Crippen molar-refractivity contribution in [3.63, 3.8) is 0 Å². The van der Waals surface area contributed by atoms with E-state index in [1.807, 2.05) is 23.1 Å². The van der Waals surface area contributed by atoms with Gasteiger partial charge >= 0.3 is 0 Å². The van der Waals surface area contributed by atoms with Crippen LogP contribution < -0.4 is 5.32 Å². The molecule has 0 spiro atoms. The van der Waals surface area contributed by atoms with Crippen molar-refractivity contribution in [2.45, 2.75) is 50.2 Å². The zero-order valence-corrected chi connectivity index (χ0v) is 11.7. The van der Waals surface area contributed by atoms with E-state index >= 15 is 0 Å². The fourth-order valence-electron chi connectivity index (χ4n) is 1.82. The molecule has 0 aromatic carbocycles. The zero-order valence-electron chi connectivity index (χ0n) is 10.0. The lowest BCUT2D eigenvalue weighted by Gasteiger charge is -2.06. The topological polar surface area (TPSA) is 24.9 Å². The summed E-state index contributed by atoms with van der Waals surface area (Å²) in [6.45, 7) is 5.68. The third-order valence-corrected chi connectivity index (χ3v) is 5.45. The predicted molar refractivity (Wildman–Crippen MR) is 73.1 cm³/mol. The number of hydrogen-bond acceptors (Lipinski definition) is 4. The van der Waals surface area contributed by atoms with Crippen LogP contribution in [0.3, 0.4) is 0 Å². The first kappa shape index (κ1) is 12.4. The molecular formula is C12H20N2S2. The van der Waals surface area contributed by atoms with Crippen molar-refractivity contribution < 1.29 is 0 Å². The van der Waals surface area contributed by atoms with Crippen molar-refractivity contribution in [3.05, 3.63) is 16.1 Å². The molecule has 0 saturated carbocycles. The van der Waals surface area contributed by atoms with Gasteiger partial charge in [0, 0.05) is 16.4 Å². The summed E-state index contributed by atoms with van der Waals surface area (Å²) in [5.74, 6) is 1.08. The SMILES string of the molecule is CCC(C)SCc1nc([C@@H]2CCCN2)cs1. The minimum absolute atomic E-state index is 0.526. The first-order valence-corrected chi connectivity index (χ1v) is 8.01. The molecule has 1 aromatic heterocycles. The van der Waals surface area contributed by atoms with Crippen LogP contribution in [0.1, 0.15) is 49.9 Å². The molecule has 1 unspecified atom stereocenters. The highest BCUT2D eigenvalue weighted by atomic mass is 32.2. The lowest BCUT2D eigenvalue weighted by atomic mass is 10.2. The van der Waals surface area contributed by atoms with Crippen LogP contribution in [-0.4, -0.2) is 16.8 Å². The summed E-state index contributed by atoms with van der Waals surface area (Å²) in [5, 5.41) is 7.76. The Balaban J connectivity index is 1.86. The summed E-state index contributed by atoms with van der Waals surface area (Å²) in [7, 11) is 0. The number of nitrogens with one attached hydrogen (secondary N) is 1. The Labute approximate surface area is 106 Å². The van der Waals surface area contributed by atoms with Crippen LogP contribution in [0.2, 0.25) is 0 Å². The van der Waals surface area contributed by atoms with Gasteiger partial charge < -0.3 is 5.32 Å². The lowest BCUT2D eigenvalue weighted by molar-refractivity contribution is 0.630. The van der Waals surface area contributed by atoms with Crippen LogP contribution in [0.5, 0.6) is 0 Å². The Kier molecular flexibility index (Phi) is 4.67. The minimum Gasteiger partial charge on any atom is -0.309 e. The summed E-state index contributed by atoms with van der Waals surface area (Å²) >= 11 is 3.83. The second-order valence-electron chi connectivity index (χ2n) is 4.34. The molecule has 2 atom stereocenters. The molecule has 0 amide bonds. The quantitative estimate of drug-likeness (QED) is 0.871. The maximum absolute atomic E-state index is 4.73. The second-order valence-corrected chi connectivity index (χ2v) is 6.71. The Hall–Kier alpha value is -0.0600. The fraction of sp³-hybridized carbons (Fsp3) is 0.750. The molecule has 2 nitrogen and oxygen atoms in total. The Morgan fingerprint density at radius 2 is 2.56 bits per heavy atom. The highest BCUT2D eigenvalue weighted by molar-refractivity contribution is 7.99. The van der Waals surface area contributed by atoms with E-state index < -0.39 is 0 Å². The first-order chi connectivity index (χ1) is 7.79. The number of aromatic nitrogens is 1. The Morgan fingerprint density at radius 1 is 1.69 bits per heavy atom. The first-order valence-electron chi connectivity index (χ1n) is 6.09. The largest absolute Gasteiger partial charge is 0.309 e. The predicted octanol–water partition coefficient (Wildman–Crippen LogP) is 3.60. The average Bonchev–Trinajstić information content (AvgIpc) is 2.95. The average molecular weight is 256 g/mol. The molecule has 1 aromatic rings. The number of hydrogen-bond donors (Lipinski definition) is 1. The van der Waals surface area contributed by atoms with Gasteiger partial charge in [-0.15, -0.1) is 11.3 Å². The van der Waals surface area contributed by atoms with Crippen molar-refractivity contribution in [2.75, 3.05) is 6.54 Å². The van der Waals surface area contributed by atoms with Crippen molar-refractivity contribution in [1.82, 2.24) is 10.3 Å². The number of rotatable bonds is 5. The molecule has 1 N–H and O–H groups in total. The standard InChI is InChI=1S/C12H20N2S2/c1-3-9(2)15-8-12-14-11(7-16-12)10-5-4-6-13-10/h7,9-10,13H,3-6,8H2,1-2H3/t9?,10-/m0/s1. The summed E-state index contributed by atoms with van der Waals surface area (Å²) < 4.78 is 0. The third-order valence-electron chi connectivity index (χ3n) is 3.05. The fourth-order valence-corrected chi connectivity index (χ4v) is 3.66. The van der Waals surface area contributed by atoms with Gasteiger partial charge in [0.2, 0.25) is 0 Å². The van der Waals surface area contributed by atoms with E-state index in [-0.39, 0.29) is 0 Å². The van der Waals surface area contributed by atoms with E-state index in [0.29, 0.717) is 6.04 Å². The van der Waals surface area contributed by atoms with Crippen LogP contribution in [0, 0.1) is 0 Å². The Bertz CT molecular complexity index is 319. The molecule has 2 rings (SSSR count). The van der Waals surface area contributed by atoms with Gasteiger partial charge in [-0.2, -0.15) is 11.8 Å². The summed E-state index contributed by atoms with van der Waals surface area (Å²) in [4.78, 5) is 4.73. The lowest BCUT2D eigenvalue weighted by Crippen LogP contribution is -2.13. The van der Waals surface area contributed by atoms with E-state index in [0.717, 1.165) is 17.5 Å². The molecule has 90 valence electrons. The van der Waals surface area contributed by atoms with E-state index in [9.17, 15) is 0 Å². The molecule has 2 heterocycles. The number of thiazole rings is 1. The summed E-state index contributed by atoms with van der Waals surface area (Å²) in [6, 6.07) is 0.526.